The quantitative estimate of drug-likeness (QED) is 0.673. The van der Waals surface area contributed by atoms with Gasteiger partial charge in [-0.1, -0.05) is 0 Å². The van der Waals surface area contributed by atoms with E-state index in [1.165, 1.54) is 49.4 Å². The fraction of sp³-hybridized carbons (Fsp3) is 0.318. The van der Waals surface area contributed by atoms with E-state index >= 15 is 0 Å². The maximum atomic E-state index is 15.0. The summed E-state index contributed by atoms with van der Waals surface area (Å²) in [4.78, 5) is 29.9. The molecule has 1 heterocycles. The van der Waals surface area contributed by atoms with Crippen LogP contribution in [0.2, 0.25) is 0 Å². The molecule has 1 aliphatic rings. The molecule has 1 unspecified atom stereocenters. The summed E-state index contributed by atoms with van der Waals surface area (Å²) in [6, 6.07) is 8.69. The number of rotatable bonds is 5. The van der Waals surface area contributed by atoms with Gasteiger partial charge < -0.3 is 20.9 Å². The molecule has 0 aliphatic carbocycles. The van der Waals surface area contributed by atoms with Crippen LogP contribution in [0, 0.1) is 11.2 Å². The summed E-state index contributed by atoms with van der Waals surface area (Å²) in [7, 11) is 2.99. The summed E-state index contributed by atoms with van der Waals surface area (Å²) in [5, 5.41) is 12.3. The lowest BCUT2D eigenvalue weighted by atomic mass is 9.67. The number of nitrogens with one attached hydrogen (secondary N) is 1. The molecule has 0 saturated heterocycles. The van der Waals surface area contributed by atoms with Gasteiger partial charge in [0.1, 0.15) is 17.1 Å². The van der Waals surface area contributed by atoms with E-state index in [2.05, 4.69) is 10.3 Å². The molecular formula is C22H25FN4O4. The number of benzene rings is 2. The van der Waals surface area contributed by atoms with Crippen molar-refractivity contribution >= 4 is 29.2 Å². The number of methoxy groups -OCH3 is 1. The number of hydrogen-bond donors (Lipinski definition) is 3. The third kappa shape index (κ3) is 3.56. The number of carboxylic acids is 1. The molecule has 0 spiro atoms. The molecule has 8 nitrogen and oxygen atoms in total. The van der Waals surface area contributed by atoms with Crippen LogP contribution in [-0.4, -0.2) is 42.0 Å². The lowest BCUT2D eigenvalue weighted by molar-refractivity contribution is -0.140. The maximum Gasteiger partial charge on any atom is 0.335 e. The minimum atomic E-state index is -1.27. The highest BCUT2D eigenvalue weighted by Gasteiger charge is 2.53. The molecular weight excluding hydrogens is 403 g/mol. The number of nitrogens with zero attached hydrogens (tertiary/aromatic N) is 2. The van der Waals surface area contributed by atoms with Crippen molar-refractivity contribution < 1.29 is 23.8 Å². The molecule has 9 heteroatoms. The van der Waals surface area contributed by atoms with E-state index in [1.807, 2.05) is 0 Å². The summed E-state index contributed by atoms with van der Waals surface area (Å²) in [6.45, 7) is 5.06. The number of aromatic carboxylic acids is 1. The summed E-state index contributed by atoms with van der Waals surface area (Å²) < 4.78 is 20.3. The van der Waals surface area contributed by atoms with Crippen molar-refractivity contribution in [3.05, 3.63) is 53.3 Å². The molecule has 1 amide bonds. The minimum Gasteiger partial charge on any atom is -0.495 e. The topological polar surface area (TPSA) is 117 Å². The number of carbonyl (C=O) groups is 2. The highest BCUT2D eigenvalue weighted by atomic mass is 19.1. The van der Waals surface area contributed by atoms with Gasteiger partial charge in [0.05, 0.1) is 23.8 Å². The van der Waals surface area contributed by atoms with Crippen LogP contribution >= 0.6 is 0 Å². The number of nitrogens with two attached hydrogens (primary N) is 1. The third-order valence-corrected chi connectivity index (χ3v) is 5.95. The van der Waals surface area contributed by atoms with E-state index in [0.717, 1.165) is 0 Å². The van der Waals surface area contributed by atoms with Crippen LogP contribution in [0.4, 0.5) is 15.8 Å². The van der Waals surface area contributed by atoms with Gasteiger partial charge in [-0.15, -0.1) is 0 Å². The molecule has 1 atom stereocenters. The van der Waals surface area contributed by atoms with Crippen LogP contribution in [-0.2, 0) is 10.3 Å². The van der Waals surface area contributed by atoms with Gasteiger partial charge >= 0.3 is 5.97 Å². The van der Waals surface area contributed by atoms with E-state index in [0.29, 0.717) is 17.1 Å². The van der Waals surface area contributed by atoms with Gasteiger partial charge in [0, 0.05) is 18.3 Å². The van der Waals surface area contributed by atoms with Crippen molar-refractivity contribution in [3.8, 4) is 5.75 Å². The molecule has 2 aromatic rings. The normalized spacial score (nSPS) is 20.3. The summed E-state index contributed by atoms with van der Waals surface area (Å²) >= 11 is 0. The zero-order chi connectivity index (χ0) is 23.1. The molecule has 2 aromatic carbocycles. The monoisotopic (exact) mass is 428 g/mol. The predicted octanol–water partition coefficient (Wildman–Crippen LogP) is 3.30. The van der Waals surface area contributed by atoms with Crippen LogP contribution in [0.1, 0.15) is 36.7 Å². The first-order valence-electron chi connectivity index (χ1n) is 9.54. The molecule has 4 N–H and O–H groups in total. The molecule has 164 valence electrons. The number of carbonyl (C=O) groups excluding carboxylic acids is 1. The highest BCUT2D eigenvalue weighted by Crippen LogP contribution is 2.48. The third-order valence-electron chi connectivity index (χ3n) is 5.95. The lowest BCUT2D eigenvalue weighted by Crippen LogP contribution is -2.58. The Bertz CT molecular complexity index is 1100. The second-order valence-corrected chi connectivity index (χ2v) is 8.07. The van der Waals surface area contributed by atoms with Crippen molar-refractivity contribution in [2.75, 3.05) is 19.5 Å². The fourth-order valence-corrected chi connectivity index (χ4v) is 3.64. The van der Waals surface area contributed by atoms with Crippen molar-refractivity contribution in [3.63, 3.8) is 0 Å². The number of halogens is 1. The fourth-order valence-electron chi connectivity index (χ4n) is 3.64. The van der Waals surface area contributed by atoms with Gasteiger partial charge in [-0.25, -0.2) is 14.2 Å². The van der Waals surface area contributed by atoms with Crippen molar-refractivity contribution in [2.45, 2.75) is 26.3 Å². The zero-order valence-corrected chi connectivity index (χ0v) is 18.0. The number of carboxylic acid groups (broad SMARTS) is 1. The Morgan fingerprint density at radius 2 is 1.90 bits per heavy atom. The summed E-state index contributed by atoms with van der Waals surface area (Å²) in [6.07, 6.45) is 0. The van der Waals surface area contributed by atoms with Gasteiger partial charge in [0.15, 0.2) is 5.96 Å². The maximum absolute atomic E-state index is 15.0. The Morgan fingerprint density at radius 3 is 2.52 bits per heavy atom. The highest BCUT2D eigenvalue weighted by molar-refractivity contribution is 6.01. The van der Waals surface area contributed by atoms with E-state index in [-0.39, 0.29) is 23.0 Å². The second-order valence-electron chi connectivity index (χ2n) is 8.07. The van der Waals surface area contributed by atoms with Gasteiger partial charge in [-0.2, -0.15) is 0 Å². The van der Waals surface area contributed by atoms with E-state index in [4.69, 9.17) is 10.5 Å². The Labute approximate surface area is 179 Å². The van der Waals surface area contributed by atoms with E-state index in [1.54, 1.807) is 26.8 Å². The number of guanidine groups is 1. The standard InChI is InChI=1S/C22H25FN4O4/c1-21(2)19(30)27(4)20(24)26-22(21,3)14-11-13(7-8-15(14)23)25-16-10-12(18(28)29)6-9-17(16)31-5/h6-11,25H,1-5H3,(H2,24,26)(H,28,29). The number of ether oxygens (including phenoxy) is 1. The van der Waals surface area contributed by atoms with Crippen LogP contribution in [0.3, 0.4) is 0 Å². The Hall–Kier alpha value is -3.62. The Balaban J connectivity index is 2.11. The van der Waals surface area contributed by atoms with Gasteiger partial charge in [0.2, 0.25) is 5.91 Å². The molecule has 0 fully saturated rings. The minimum absolute atomic E-state index is 0.000385. The smallest absolute Gasteiger partial charge is 0.335 e. The molecule has 0 radical (unpaired) electrons. The van der Waals surface area contributed by atoms with Crippen molar-refractivity contribution in [1.29, 1.82) is 0 Å². The average Bonchev–Trinajstić information content (AvgIpc) is 2.72. The van der Waals surface area contributed by atoms with Gasteiger partial charge in [-0.3, -0.25) is 9.69 Å². The molecule has 1 aliphatic heterocycles. The first kappa shape index (κ1) is 22.1. The average molecular weight is 428 g/mol. The Kier molecular flexibility index (Phi) is 5.39. The molecule has 0 bridgehead atoms. The SMILES string of the molecule is COc1ccc(C(=O)O)cc1Nc1ccc(F)c(C2(C)N=C(N)N(C)C(=O)C2(C)C)c1. The molecule has 0 saturated carbocycles. The van der Waals surface area contributed by atoms with Crippen LogP contribution in [0.5, 0.6) is 5.75 Å². The molecule has 0 aromatic heterocycles. The van der Waals surface area contributed by atoms with Crippen LogP contribution in [0.25, 0.3) is 0 Å². The second kappa shape index (κ2) is 7.57. The van der Waals surface area contributed by atoms with E-state index < -0.39 is 22.7 Å². The van der Waals surface area contributed by atoms with Crippen molar-refractivity contribution in [2.24, 2.45) is 16.1 Å². The van der Waals surface area contributed by atoms with E-state index in [9.17, 15) is 19.1 Å². The number of hydrogen-bond acceptors (Lipinski definition) is 6. The number of amides is 1. The number of aliphatic imine (C=N–C) groups is 1. The summed E-state index contributed by atoms with van der Waals surface area (Å²) in [5.74, 6) is -1.49. The predicted molar refractivity (Wildman–Crippen MR) is 115 cm³/mol. The molecule has 31 heavy (non-hydrogen) atoms. The summed E-state index contributed by atoms with van der Waals surface area (Å²) in [5.41, 5.74) is 4.71. The van der Waals surface area contributed by atoms with Gasteiger partial charge in [0.25, 0.3) is 0 Å². The first-order chi connectivity index (χ1) is 14.4. The van der Waals surface area contributed by atoms with Crippen LogP contribution < -0.4 is 15.8 Å². The van der Waals surface area contributed by atoms with Crippen molar-refractivity contribution in [1.82, 2.24) is 4.90 Å². The first-order valence-corrected chi connectivity index (χ1v) is 9.54. The van der Waals surface area contributed by atoms with Gasteiger partial charge in [-0.05, 0) is 57.2 Å². The van der Waals surface area contributed by atoms with Crippen LogP contribution in [0.15, 0.2) is 41.4 Å². The number of anilines is 2. The largest absolute Gasteiger partial charge is 0.495 e. The lowest BCUT2D eigenvalue weighted by Gasteiger charge is -2.46. The molecule has 3 rings (SSSR count). The Morgan fingerprint density at radius 1 is 1.23 bits per heavy atom. The zero-order valence-electron chi connectivity index (χ0n) is 18.0.